The SMILES string of the molecule is Cc1ccc2c(c1)CC(c1cnc(-c3ccccc3)nc1)=N2.O=S=O. The summed E-state index contributed by atoms with van der Waals surface area (Å²) in [7, 11) is 0. The predicted octanol–water partition coefficient (Wildman–Crippen LogP) is 3.46. The number of hydrogen-bond acceptors (Lipinski definition) is 5. The maximum atomic E-state index is 8.29. The van der Waals surface area contributed by atoms with E-state index in [9.17, 15) is 0 Å². The third-order valence-electron chi connectivity index (χ3n) is 3.87. The lowest BCUT2D eigenvalue weighted by molar-refractivity contribution is 0.630. The third kappa shape index (κ3) is 3.92. The molecule has 0 spiro atoms. The van der Waals surface area contributed by atoms with Gasteiger partial charge in [-0.05, 0) is 18.6 Å². The predicted molar refractivity (Wildman–Crippen MR) is 97.5 cm³/mol. The fraction of sp³-hybridized carbons (Fsp3) is 0.105. The highest BCUT2D eigenvalue weighted by atomic mass is 32.1. The van der Waals surface area contributed by atoms with Crippen molar-refractivity contribution in [1.82, 2.24) is 9.97 Å². The van der Waals surface area contributed by atoms with Gasteiger partial charge in [-0.15, -0.1) is 0 Å². The van der Waals surface area contributed by atoms with Crippen LogP contribution in [0.25, 0.3) is 11.4 Å². The van der Waals surface area contributed by atoms with Gasteiger partial charge in [0, 0.05) is 29.9 Å². The Kier molecular flexibility index (Phi) is 5.20. The summed E-state index contributed by atoms with van der Waals surface area (Å²) in [6.07, 6.45) is 4.59. The molecule has 0 saturated carbocycles. The Labute approximate surface area is 149 Å². The van der Waals surface area contributed by atoms with Gasteiger partial charge in [0.15, 0.2) is 5.82 Å². The second-order valence-corrected chi connectivity index (χ2v) is 5.73. The third-order valence-corrected chi connectivity index (χ3v) is 3.87. The van der Waals surface area contributed by atoms with Gasteiger partial charge >= 0.3 is 11.6 Å². The van der Waals surface area contributed by atoms with E-state index in [1.54, 1.807) is 0 Å². The summed E-state index contributed by atoms with van der Waals surface area (Å²) in [5.74, 6) is 0.747. The average molecular weight is 349 g/mol. The van der Waals surface area contributed by atoms with E-state index in [1.165, 1.54) is 11.1 Å². The number of nitrogens with zero attached hydrogens (tertiary/aromatic N) is 3. The van der Waals surface area contributed by atoms with E-state index < -0.39 is 11.6 Å². The van der Waals surface area contributed by atoms with Gasteiger partial charge in [0.1, 0.15) is 0 Å². The van der Waals surface area contributed by atoms with Crippen LogP contribution in [-0.4, -0.2) is 24.1 Å². The molecule has 0 unspecified atom stereocenters. The molecular formula is C19H15N3O2S. The summed E-state index contributed by atoms with van der Waals surface area (Å²) in [6.45, 7) is 2.11. The molecule has 0 bridgehead atoms. The second kappa shape index (κ2) is 7.72. The van der Waals surface area contributed by atoms with E-state index >= 15 is 0 Å². The van der Waals surface area contributed by atoms with Crippen molar-refractivity contribution in [2.45, 2.75) is 13.3 Å². The zero-order chi connectivity index (χ0) is 17.6. The Bertz CT molecular complexity index is 948. The molecule has 4 rings (SSSR count). The van der Waals surface area contributed by atoms with Crippen LogP contribution >= 0.6 is 0 Å². The molecule has 0 saturated heterocycles. The first kappa shape index (κ1) is 16.9. The standard InChI is InChI=1S/C19H15N3.O2S/c1-13-7-8-17-15(9-13)10-18(22-17)16-11-20-19(21-12-16)14-5-3-2-4-6-14;1-3-2/h2-9,11-12H,10H2,1H3;. The van der Waals surface area contributed by atoms with Gasteiger partial charge in [-0.3, -0.25) is 4.99 Å². The van der Waals surface area contributed by atoms with Crippen molar-refractivity contribution in [2.75, 3.05) is 0 Å². The van der Waals surface area contributed by atoms with E-state index in [0.717, 1.165) is 34.8 Å². The van der Waals surface area contributed by atoms with Crippen molar-refractivity contribution in [3.05, 3.63) is 77.6 Å². The molecule has 0 N–H and O–H groups in total. The molecule has 5 nitrogen and oxygen atoms in total. The molecule has 0 aliphatic carbocycles. The van der Waals surface area contributed by atoms with Gasteiger partial charge in [-0.25, -0.2) is 9.97 Å². The number of aromatic nitrogens is 2. The first-order valence-corrected chi connectivity index (χ1v) is 8.34. The van der Waals surface area contributed by atoms with Crippen LogP contribution in [0.1, 0.15) is 16.7 Å². The number of hydrogen-bond donors (Lipinski definition) is 0. The minimum atomic E-state index is -0.750. The Balaban J connectivity index is 0.000000569. The van der Waals surface area contributed by atoms with Gasteiger partial charge in [0.2, 0.25) is 0 Å². The monoisotopic (exact) mass is 349 g/mol. The van der Waals surface area contributed by atoms with Crippen LogP contribution in [-0.2, 0) is 18.0 Å². The number of aryl methyl sites for hydroxylation is 1. The number of benzene rings is 2. The van der Waals surface area contributed by atoms with E-state index in [0.29, 0.717) is 0 Å². The summed E-state index contributed by atoms with van der Waals surface area (Å²) >= 11 is -0.750. The first-order valence-electron chi connectivity index (χ1n) is 7.68. The molecule has 0 amide bonds. The molecule has 124 valence electrons. The molecule has 25 heavy (non-hydrogen) atoms. The lowest BCUT2D eigenvalue weighted by atomic mass is 10.0. The fourth-order valence-electron chi connectivity index (χ4n) is 2.71. The van der Waals surface area contributed by atoms with Crippen molar-refractivity contribution in [1.29, 1.82) is 0 Å². The molecule has 1 aromatic heterocycles. The topological polar surface area (TPSA) is 72.3 Å². The first-order chi connectivity index (χ1) is 12.2. The minimum absolute atomic E-state index is 0.747. The number of aliphatic imine (C=N–C) groups is 1. The summed E-state index contributed by atoms with van der Waals surface area (Å²) in [5.41, 5.74) is 6.68. The van der Waals surface area contributed by atoms with E-state index in [4.69, 9.17) is 13.4 Å². The van der Waals surface area contributed by atoms with Crippen molar-refractivity contribution in [2.24, 2.45) is 4.99 Å². The lowest BCUT2D eigenvalue weighted by Crippen LogP contribution is -2.02. The summed E-state index contributed by atoms with van der Waals surface area (Å²) < 4.78 is 16.6. The van der Waals surface area contributed by atoms with Gasteiger partial charge in [-0.1, -0.05) is 48.0 Å². The highest BCUT2D eigenvalue weighted by molar-refractivity contribution is 7.51. The van der Waals surface area contributed by atoms with Crippen LogP contribution in [0.5, 0.6) is 0 Å². The van der Waals surface area contributed by atoms with Gasteiger partial charge < -0.3 is 0 Å². The number of fused-ring (bicyclic) bond motifs is 1. The normalized spacial score (nSPS) is 11.8. The quantitative estimate of drug-likeness (QED) is 0.710. The second-order valence-electron chi connectivity index (χ2n) is 5.60. The van der Waals surface area contributed by atoms with Crippen LogP contribution < -0.4 is 0 Å². The Morgan fingerprint density at radius 2 is 1.60 bits per heavy atom. The van der Waals surface area contributed by atoms with Crippen molar-refractivity contribution < 1.29 is 8.42 Å². The van der Waals surface area contributed by atoms with Gasteiger partial charge in [0.25, 0.3) is 0 Å². The smallest absolute Gasteiger partial charge is 0.252 e. The molecule has 1 aliphatic heterocycles. The molecule has 6 heteroatoms. The fourth-order valence-corrected chi connectivity index (χ4v) is 2.71. The molecule has 2 aromatic carbocycles. The Morgan fingerprint density at radius 1 is 0.920 bits per heavy atom. The average Bonchev–Trinajstić information content (AvgIpc) is 3.06. The van der Waals surface area contributed by atoms with Gasteiger partial charge in [-0.2, -0.15) is 8.42 Å². The lowest BCUT2D eigenvalue weighted by Gasteiger charge is -2.02. The van der Waals surface area contributed by atoms with Crippen LogP contribution in [0.3, 0.4) is 0 Å². The van der Waals surface area contributed by atoms with Crippen molar-refractivity contribution >= 4 is 23.0 Å². The minimum Gasteiger partial charge on any atom is -0.252 e. The van der Waals surface area contributed by atoms with Crippen LogP contribution in [0.2, 0.25) is 0 Å². The van der Waals surface area contributed by atoms with Crippen LogP contribution in [0, 0.1) is 6.92 Å². The van der Waals surface area contributed by atoms with E-state index in [-0.39, 0.29) is 0 Å². The van der Waals surface area contributed by atoms with E-state index in [1.807, 2.05) is 42.7 Å². The highest BCUT2D eigenvalue weighted by Crippen LogP contribution is 2.29. The maximum absolute atomic E-state index is 8.29. The largest absolute Gasteiger partial charge is 0.335 e. The summed E-state index contributed by atoms with van der Waals surface area (Å²) in [4.78, 5) is 13.7. The zero-order valence-electron chi connectivity index (χ0n) is 13.5. The van der Waals surface area contributed by atoms with E-state index in [2.05, 4.69) is 35.1 Å². The summed E-state index contributed by atoms with van der Waals surface area (Å²) in [5, 5.41) is 0. The zero-order valence-corrected chi connectivity index (χ0v) is 14.4. The van der Waals surface area contributed by atoms with Crippen LogP contribution in [0.4, 0.5) is 5.69 Å². The summed E-state index contributed by atoms with van der Waals surface area (Å²) in [6, 6.07) is 16.4. The molecule has 3 aromatic rings. The Morgan fingerprint density at radius 3 is 2.28 bits per heavy atom. The van der Waals surface area contributed by atoms with Crippen molar-refractivity contribution in [3.63, 3.8) is 0 Å². The number of rotatable bonds is 2. The van der Waals surface area contributed by atoms with Crippen molar-refractivity contribution in [3.8, 4) is 11.4 Å². The maximum Gasteiger partial charge on any atom is 0.335 e. The molecule has 0 fully saturated rings. The molecule has 0 atom stereocenters. The Hall–Kier alpha value is -2.99. The van der Waals surface area contributed by atoms with Crippen LogP contribution in [0.15, 0.2) is 65.9 Å². The van der Waals surface area contributed by atoms with Gasteiger partial charge in [0.05, 0.1) is 11.4 Å². The molecule has 0 radical (unpaired) electrons. The highest BCUT2D eigenvalue weighted by Gasteiger charge is 2.16. The molecular weight excluding hydrogens is 334 g/mol. The molecule has 2 heterocycles. The molecule has 1 aliphatic rings.